The van der Waals surface area contributed by atoms with Crippen LogP contribution >= 0.6 is 34.8 Å². The maximum Gasteiger partial charge on any atom is 0.243 e. The normalized spacial score (nSPS) is 12.6. The van der Waals surface area contributed by atoms with Crippen molar-refractivity contribution in [1.82, 2.24) is 10.2 Å². The molecule has 2 atom stereocenters. The van der Waals surface area contributed by atoms with Crippen molar-refractivity contribution in [1.29, 1.82) is 0 Å². The molecule has 3 rings (SSSR count). The summed E-state index contributed by atoms with van der Waals surface area (Å²) >= 11 is 18.6. The minimum absolute atomic E-state index is 0.0203. The summed E-state index contributed by atoms with van der Waals surface area (Å²) in [6, 6.07) is 21.3. The second-order valence-electron chi connectivity index (χ2n) is 8.58. The average Bonchev–Trinajstić information content (AvgIpc) is 2.84. The lowest BCUT2D eigenvalue weighted by molar-refractivity contribution is -0.141. The maximum atomic E-state index is 13.7. The SMILES string of the molecule is CC[C@H](C)NC(=O)[C@H](Cc1ccccc1)N(Cc1ccc(Cl)cc1Cl)C(=O)Cc1ccc(Cl)cc1. The van der Waals surface area contributed by atoms with Crippen LogP contribution in [0.25, 0.3) is 0 Å². The van der Waals surface area contributed by atoms with Crippen molar-refractivity contribution < 1.29 is 9.59 Å². The van der Waals surface area contributed by atoms with E-state index in [0.29, 0.717) is 21.5 Å². The van der Waals surface area contributed by atoms with E-state index in [9.17, 15) is 9.59 Å². The molecule has 0 bridgehead atoms. The standard InChI is InChI=1S/C28H29Cl3N2O2/c1-3-19(2)32-28(35)26(15-20-7-5-4-6-8-20)33(18-22-11-14-24(30)17-25(22)31)27(34)16-21-9-12-23(29)13-10-21/h4-14,17,19,26H,3,15-16,18H2,1-2H3,(H,32,35)/t19-,26-/m0/s1. The zero-order valence-electron chi connectivity index (χ0n) is 19.8. The van der Waals surface area contributed by atoms with Gasteiger partial charge in [0.05, 0.1) is 6.42 Å². The van der Waals surface area contributed by atoms with Gasteiger partial charge in [0.2, 0.25) is 11.8 Å². The largest absolute Gasteiger partial charge is 0.352 e. The third kappa shape index (κ3) is 7.99. The first-order chi connectivity index (χ1) is 16.8. The summed E-state index contributed by atoms with van der Waals surface area (Å²) in [7, 11) is 0. The number of benzene rings is 3. The highest BCUT2D eigenvalue weighted by Crippen LogP contribution is 2.25. The average molecular weight is 532 g/mol. The Bertz CT molecular complexity index is 1140. The van der Waals surface area contributed by atoms with E-state index in [2.05, 4.69) is 5.32 Å². The van der Waals surface area contributed by atoms with Crippen LogP contribution in [0.5, 0.6) is 0 Å². The zero-order chi connectivity index (χ0) is 25.4. The van der Waals surface area contributed by atoms with Crippen molar-refractivity contribution in [2.45, 2.75) is 51.7 Å². The topological polar surface area (TPSA) is 49.4 Å². The molecule has 1 N–H and O–H groups in total. The van der Waals surface area contributed by atoms with Crippen molar-refractivity contribution in [3.8, 4) is 0 Å². The lowest BCUT2D eigenvalue weighted by Gasteiger charge is -2.32. The summed E-state index contributed by atoms with van der Waals surface area (Å²) in [5, 5.41) is 4.61. The molecular formula is C28H29Cl3N2O2. The van der Waals surface area contributed by atoms with Gasteiger partial charge in [0.15, 0.2) is 0 Å². The summed E-state index contributed by atoms with van der Waals surface area (Å²) in [6.07, 6.45) is 1.29. The second-order valence-corrected chi connectivity index (χ2v) is 9.86. The van der Waals surface area contributed by atoms with E-state index < -0.39 is 6.04 Å². The number of hydrogen-bond donors (Lipinski definition) is 1. The van der Waals surface area contributed by atoms with Gasteiger partial charge in [-0.05, 0) is 54.3 Å². The van der Waals surface area contributed by atoms with Gasteiger partial charge in [-0.15, -0.1) is 0 Å². The molecule has 4 nitrogen and oxygen atoms in total. The van der Waals surface area contributed by atoms with Gasteiger partial charge in [-0.2, -0.15) is 0 Å². The van der Waals surface area contributed by atoms with Gasteiger partial charge in [-0.25, -0.2) is 0 Å². The molecular weight excluding hydrogens is 503 g/mol. The lowest BCUT2D eigenvalue weighted by atomic mass is 10.0. The maximum absolute atomic E-state index is 13.7. The fraction of sp³-hybridized carbons (Fsp3) is 0.286. The minimum Gasteiger partial charge on any atom is -0.352 e. The molecule has 2 amide bonds. The third-order valence-corrected chi connectivity index (χ3v) is 6.74. The van der Waals surface area contributed by atoms with Crippen LogP contribution in [0.3, 0.4) is 0 Å². The van der Waals surface area contributed by atoms with Crippen LogP contribution in [0, 0.1) is 0 Å². The van der Waals surface area contributed by atoms with Crippen LogP contribution in [0.4, 0.5) is 0 Å². The van der Waals surface area contributed by atoms with E-state index in [1.165, 1.54) is 0 Å². The van der Waals surface area contributed by atoms with E-state index in [-0.39, 0.29) is 30.8 Å². The van der Waals surface area contributed by atoms with E-state index in [0.717, 1.165) is 23.1 Å². The summed E-state index contributed by atoms with van der Waals surface area (Å²) < 4.78 is 0. The van der Waals surface area contributed by atoms with Gasteiger partial charge < -0.3 is 10.2 Å². The van der Waals surface area contributed by atoms with Gasteiger partial charge in [0.25, 0.3) is 0 Å². The molecule has 3 aromatic rings. The van der Waals surface area contributed by atoms with E-state index in [4.69, 9.17) is 34.8 Å². The van der Waals surface area contributed by atoms with Crippen LogP contribution in [0.1, 0.15) is 37.0 Å². The number of carbonyl (C=O) groups is 2. The van der Waals surface area contributed by atoms with Crippen molar-refractivity contribution in [2.75, 3.05) is 0 Å². The molecule has 0 heterocycles. The Morgan fingerprint density at radius 3 is 2.17 bits per heavy atom. The highest BCUT2D eigenvalue weighted by Gasteiger charge is 2.31. The summed E-state index contributed by atoms with van der Waals surface area (Å²) in [4.78, 5) is 28.8. The molecule has 0 saturated heterocycles. The van der Waals surface area contributed by atoms with Gasteiger partial charge >= 0.3 is 0 Å². The van der Waals surface area contributed by atoms with Gasteiger partial charge in [-0.1, -0.05) is 90.3 Å². The molecule has 35 heavy (non-hydrogen) atoms. The molecule has 0 unspecified atom stereocenters. The molecule has 0 aliphatic carbocycles. The molecule has 184 valence electrons. The summed E-state index contributed by atoms with van der Waals surface area (Å²) in [5.41, 5.74) is 2.49. The van der Waals surface area contributed by atoms with Crippen molar-refractivity contribution in [2.24, 2.45) is 0 Å². The van der Waals surface area contributed by atoms with Crippen molar-refractivity contribution in [3.63, 3.8) is 0 Å². The lowest BCUT2D eigenvalue weighted by Crippen LogP contribution is -2.52. The second kappa shape index (κ2) is 13.0. The van der Waals surface area contributed by atoms with Crippen molar-refractivity contribution in [3.05, 3.63) is 105 Å². The van der Waals surface area contributed by atoms with Gasteiger partial charge in [-0.3, -0.25) is 9.59 Å². The highest BCUT2D eigenvalue weighted by atomic mass is 35.5. The van der Waals surface area contributed by atoms with Gasteiger partial charge in [0, 0.05) is 34.1 Å². The first-order valence-corrected chi connectivity index (χ1v) is 12.7. The summed E-state index contributed by atoms with van der Waals surface area (Å²) in [6.45, 7) is 4.13. The number of rotatable bonds is 10. The Kier molecular flexibility index (Phi) is 10.0. The molecule has 0 fully saturated rings. The predicted octanol–water partition coefficient (Wildman–Crippen LogP) is 6.74. The van der Waals surface area contributed by atoms with Gasteiger partial charge in [0.1, 0.15) is 6.04 Å². The quantitative estimate of drug-likeness (QED) is 0.315. The molecule has 0 aromatic heterocycles. The molecule has 0 radical (unpaired) electrons. The predicted molar refractivity (Wildman–Crippen MR) is 144 cm³/mol. The third-order valence-electron chi connectivity index (χ3n) is 5.90. The Labute approximate surface area is 222 Å². The molecule has 0 aliphatic rings. The van der Waals surface area contributed by atoms with E-state index in [1.54, 1.807) is 35.2 Å². The number of amides is 2. The molecule has 0 spiro atoms. The fourth-order valence-electron chi connectivity index (χ4n) is 3.71. The number of halogens is 3. The molecule has 0 aliphatic heterocycles. The number of nitrogens with zero attached hydrogens (tertiary/aromatic N) is 1. The Hall–Kier alpha value is -2.53. The first-order valence-electron chi connectivity index (χ1n) is 11.6. The fourth-order valence-corrected chi connectivity index (χ4v) is 4.30. The van der Waals surface area contributed by atoms with Crippen LogP contribution in [0.15, 0.2) is 72.8 Å². The first kappa shape index (κ1) is 27.1. The Morgan fingerprint density at radius 2 is 1.54 bits per heavy atom. The Morgan fingerprint density at radius 1 is 0.886 bits per heavy atom. The monoisotopic (exact) mass is 530 g/mol. The Balaban J connectivity index is 1.99. The molecule has 3 aromatic carbocycles. The van der Waals surface area contributed by atoms with E-state index >= 15 is 0 Å². The van der Waals surface area contributed by atoms with Crippen LogP contribution < -0.4 is 5.32 Å². The minimum atomic E-state index is -0.724. The van der Waals surface area contributed by atoms with Crippen LogP contribution in [-0.4, -0.2) is 28.8 Å². The molecule has 0 saturated carbocycles. The smallest absolute Gasteiger partial charge is 0.243 e. The number of carbonyl (C=O) groups excluding carboxylic acids is 2. The zero-order valence-corrected chi connectivity index (χ0v) is 22.1. The van der Waals surface area contributed by atoms with E-state index in [1.807, 2.05) is 56.3 Å². The van der Waals surface area contributed by atoms with Crippen LogP contribution in [0.2, 0.25) is 15.1 Å². The highest BCUT2D eigenvalue weighted by molar-refractivity contribution is 6.35. The summed E-state index contributed by atoms with van der Waals surface area (Å²) in [5.74, 6) is -0.378. The number of hydrogen-bond acceptors (Lipinski definition) is 2. The molecule has 7 heteroatoms. The number of nitrogens with one attached hydrogen (secondary N) is 1. The van der Waals surface area contributed by atoms with Crippen LogP contribution in [-0.2, 0) is 29.0 Å². The van der Waals surface area contributed by atoms with Crippen molar-refractivity contribution >= 4 is 46.6 Å².